The molecular weight excluding hydrogens is 177 g/mol. The Morgan fingerprint density at radius 1 is 1.36 bits per heavy atom. The Morgan fingerprint density at radius 2 is 2.14 bits per heavy atom. The van der Waals surface area contributed by atoms with Gasteiger partial charge in [0.1, 0.15) is 5.82 Å². The fraction of sp³-hybridized carbons (Fsp3) is 0.333. The second-order valence-electron chi connectivity index (χ2n) is 4.25. The third kappa shape index (κ3) is 1.85. The van der Waals surface area contributed by atoms with E-state index in [2.05, 4.69) is 31.3 Å². The molecule has 0 bridgehead atoms. The Kier molecular flexibility index (Phi) is 2.16. The van der Waals surface area contributed by atoms with Gasteiger partial charge in [-0.1, -0.05) is 18.2 Å². The lowest BCUT2D eigenvalue weighted by atomic mass is 10.1. The molecule has 0 saturated carbocycles. The van der Waals surface area contributed by atoms with E-state index in [0.29, 0.717) is 6.54 Å². The number of hydrogen-bond donors (Lipinski definition) is 1. The number of benzene rings is 1. The summed E-state index contributed by atoms with van der Waals surface area (Å²) in [5.74, 6) is -0.168. The molecule has 1 aromatic rings. The SMILES string of the molecule is CC1(C)C=Cc2ccc(F)cc2CN1. The smallest absolute Gasteiger partial charge is 0.123 e. The van der Waals surface area contributed by atoms with E-state index in [4.69, 9.17) is 0 Å². The first-order chi connectivity index (χ1) is 6.57. The van der Waals surface area contributed by atoms with E-state index in [1.165, 1.54) is 6.07 Å². The van der Waals surface area contributed by atoms with E-state index in [1.54, 1.807) is 6.07 Å². The average Bonchev–Trinajstić information content (AvgIpc) is 2.26. The van der Waals surface area contributed by atoms with Crippen molar-refractivity contribution in [3.05, 3.63) is 41.2 Å². The highest BCUT2D eigenvalue weighted by Crippen LogP contribution is 2.19. The molecule has 1 heterocycles. The van der Waals surface area contributed by atoms with Gasteiger partial charge in [0.25, 0.3) is 0 Å². The van der Waals surface area contributed by atoms with Crippen LogP contribution in [0.4, 0.5) is 4.39 Å². The Balaban J connectivity index is 2.41. The van der Waals surface area contributed by atoms with Gasteiger partial charge in [0.15, 0.2) is 0 Å². The minimum atomic E-state index is -0.168. The maximum atomic E-state index is 13.0. The van der Waals surface area contributed by atoms with Gasteiger partial charge in [0.05, 0.1) is 0 Å². The molecule has 0 radical (unpaired) electrons. The largest absolute Gasteiger partial charge is 0.304 e. The Labute approximate surface area is 83.6 Å². The van der Waals surface area contributed by atoms with Gasteiger partial charge in [0.2, 0.25) is 0 Å². The third-order valence-electron chi connectivity index (χ3n) is 2.52. The first-order valence-electron chi connectivity index (χ1n) is 4.79. The first kappa shape index (κ1) is 9.41. The lowest BCUT2D eigenvalue weighted by Crippen LogP contribution is -2.35. The standard InChI is InChI=1S/C12H14FN/c1-12(2)6-5-9-3-4-11(13)7-10(9)8-14-12/h3-7,14H,8H2,1-2H3. The van der Waals surface area contributed by atoms with Gasteiger partial charge in [-0.15, -0.1) is 0 Å². The van der Waals surface area contributed by atoms with Gasteiger partial charge < -0.3 is 5.32 Å². The van der Waals surface area contributed by atoms with E-state index in [0.717, 1.165) is 11.1 Å². The molecule has 0 spiro atoms. The molecule has 0 aliphatic carbocycles. The summed E-state index contributed by atoms with van der Waals surface area (Å²) in [5.41, 5.74) is 2.10. The molecule has 0 aromatic heterocycles. The number of rotatable bonds is 0. The molecule has 0 atom stereocenters. The monoisotopic (exact) mass is 191 g/mol. The van der Waals surface area contributed by atoms with Crippen LogP contribution in [0, 0.1) is 5.82 Å². The summed E-state index contributed by atoms with van der Waals surface area (Å²) in [4.78, 5) is 0. The predicted molar refractivity (Wildman–Crippen MR) is 56.4 cm³/mol. The summed E-state index contributed by atoms with van der Waals surface area (Å²) in [5, 5.41) is 3.35. The molecule has 0 fully saturated rings. The van der Waals surface area contributed by atoms with E-state index >= 15 is 0 Å². The molecular formula is C12H14FN. The van der Waals surface area contributed by atoms with E-state index in [9.17, 15) is 4.39 Å². The van der Waals surface area contributed by atoms with E-state index in [-0.39, 0.29) is 11.4 Å². The lowest BCUT2D eigenvalue weighted by Gasteiger charge is -2.20. The van der Waals surface area contributed by atoms with Gasteiger partial charge in [-0.05, 0) is 37.1 Å². The highest BCUT2D eigenvalue weighted by atomic mass is 19.1. The molecule has 1 aliphatic rings. The second-order valence-corrected chi connectivity index (χ2v) is 4.25. The zero-order valence-corrected chi connectivity index (χ0v) is 8.47. The van der Waals surface area contributed by atoms with Crippen molar-refractivity contribution >= 4 is 6.08 Å². The van der Waals surface area contributed by atoms with Crippen LogP contribution in [0.3, 0.4) is 0 Å². The predicted octanol–water partition coefficient (Wildman–Crippen LogP) is 2.72. The highest BCUT2D eigenvalue weighted by molar-refractivity contribution is 5.56. The Hall–Kier alpha value is -1.15. The van der Waals surface area contributed by atoms with Gasteiger partial charge in [-0.2, -0.15) is 0 Å². The minimum Gasteiger partial charge on any atom is -0.304 e. The van der Waals surface area contributed by atoms with Gasteiger partial charge in [0, 0.05) is 12.1 Å². The van der Waals surface area contributed by atoms with Crippen LogP contribution in [0.1, 0.15) is 25.0 Å². The van der Waals surface area contributed by atoms with Crippen LogP contribution in [0.2, 0.25) is 0 Å². The van der Waals surface area contributed by atoms with Crippen LogP contribution in [0.15, 0.2) is 24.3 Å². The van der Waals surface area contributed by atoms with Crippen molar-refractivity contribution in [2.75, 3.05) is 0 Å². The lowest BCUT2D eigenvalue weighted by molar-refractivity contribution is 0.477. The van der Waals surface area contributed by atoms with E-state index < -0.39 is 0 Å². The number of hydrogen-bond acceptors (Lipinski definition) is 1. The van der Waals surface area contributed by atoms with Crippen LogP contribution in [-0.4, -0.2) is 5.54 Å². The van der Waals surface area contributed by atoms with Crippen LogP contribution >= 0.6 is 0 Å². The molecule has 1 nitrogen and oxygen atoms in total. The number of fused-ring (bicyclic) bond motifs is 1. The molecule has 74 valence electrons. The summed E-state index contributed by atoms with van der Waals surface area (Å²) in [6, 6.07) is 4.92. The summed E-state index contributed by atoms with van der Waals surface area (Å²) in [6.45, 7) is 4.92. The Bertz CT molecular complexity index is 380. The van der Waals surface area contributed by atoms with Gasteiger partial charge in [-0.3, -0.25) is 0 Å². The fourth-order valence-corrected chi connectivity index (χ4v) is 1.57. The van der Waals surface area contributed by atoms with Crippen molar-refractivity contribution in [3.63, 3.8) is 0 Å². The highest BCUT2D eigenvalue weighted by Gasteiger charge is 2.16. The van der Waals surface area contributed by atoms with Crippen LogP contribution < -0.4 is 5.32 Å². The maximum Gasteiger partial charge on any atom is 0.123 e. The van der Waals surface area contributed by atoms with Gasteiger partial charge >= 0.3 is 0 Å². The van der Waals surface area contributed by atoms with Crippen molar-refractivity contribution in [2.24, 2.45) is 0 Å². The third-order valence-corrected chi connectivity index (χ3v) is 2.52. The molecule has 2 rings (SSSR count). The van der Waals surface area contributed by atoms with Gasteiger partial charge in [-0.25, -0.2) is 4.39 Å². The normalized spacial score (nSPS) is 18.8. The molecule has 2 heteroatoms. The maximum absolute atomic E-state index is 13.0. The van der Waals surface area contributed by atoms with Crippen molar-refractivity contribution in [3.8, 4) is 0 Å². The van der Waals surface area contributed by atoms with Crippen LogP contribution in [-0.2, 0) is 6.54 Å². The zero-order valence-electron chi connectivity index (χ0n) is 8.47. The molecule has 0 saturated heterocycles. The summed E-state index contributed by atoms with van der Waals surface area (Å²) >= 11 is 0. The van der Waals surface area contributed by atoms with Crippen molar-refractivity contribution in [1.29, 1.82) is 0 Å². The molecule has 0 unspecified atom stereocenters. The van der Waals surface area contributed by atoms with E-state index in [1.807, 2.05) is 6.07 Å². The fourth-order valence-electron chi connectivity index (χ4n) is 1.57. The summed E-state index contributed by atoms with van der Waals surface area (Å²) < 4.78 is 13.0. The van der Waals surface area contributed by atoms with Crippen molar-refractivity contribution in [1.82, 2.24) is 5.32 Å². The molecule has 1 aromatic carbocycles. The molecule has 1 N–H and O–H groups in total. The van der Waals surface area contributed by atoms with Crippen LogP contribution in [0.5, 0.6) is 0 Å². The average molecular weight is 191 g/mol. The second kappa shape index (κ2) is 3.21. The zero-order chi connectivity index (χ0) is 10.2. The summed E-state index contributed by atoms with van der Waals surface area (Å²) in [6.07, 6.45) is 4.16. The Morgan fingerprint density at radius 3 is 2.93 bits per heavy atom. The first-order valence-corrected chi connectivity index (χ1v) is 4.79. The molecule has 0 amide bonds. The summed E-state index contributed by atoms with van der Waals surface area (Å²) in [7, 11) is 0. The molecule has 1 aliphatic heterocycles. The quantitative estimate of drug-likeness (QED) is 0.665. The van der Waals surface area contributed by atoms with Crippen molar-refractivity contribution < 1.29 is 4.39 Å². The van der Waals surface area contributed by atoms with Crippen molar-refractivity contribution in [2.45, 2.75) is 25.9 Å². The molecule has 14 heavy (non-hydrogen) atoms. The van der Waals surface area contributed by atoms with Crippen LogP contribution in [0.25, 0.3) is 6.08 Å². The number of nitrogens with one attached hydrogen (secondary N) is 1. The minimum absolute atomic E-state index is 0.0184. The number of halogens is 1. The topological polar surface area (TPSA) is 12.0 Å².